The summed E-state index contributed by atoms with van der Waals surface area (Å²) in [6.07, 6.45) is 1.56. The molecule has 3 saturated heterocycles. The van der Waals surface area contributed by atoms with Crippen LogP contribution in [0.2, 0.25) is 0 Å². The van der Waals surface area contributed by atoms with Crippen LogP contribution in [0.5, 0.6) is 11.5 Å². The monoisotopic (exact) mass is 410 g/mol. The number of nitrogens with one attached hydrogen (secondary N) is 1. The normalized spacial score (nSPS) is 28.3. The summed E-state index contributed by atoms with van der Waals surface area (Å²) in [5.74, 6) is 2.04. The summed E-state index contributed by atoms with van der Waals surface area (Å²) < 4.78 is 17.8. The summed E-state index contributed by atoms with van der Waals surface area (Å²) in [5.41, 5.74) is 1.94. The number of nitrogens with zero attached hydrogens (tertiary/aromatic N) is 1. The zero-order valence-corrected chi connectivity index (χ0v) is 17.2. The van der Waals surface area contributed by atoms with Crippen molar-refractivity contribution in [3.63, 3.8) is 0 Å². The number of benzene rings is 2. The molecule has 4 aliphatic rings. The van der Waals surface area contributed by atoms with Gasteiger partial charge in [-0.3, -0.25) is 5.32 Å². The Balaban J connectivity index is 1.17. The number of aliphatic hydroxyl groups is 1. The van der Waals surface area contributed by atoms with Crippen molar-refractivity contribution in [2.75, 3.05) is 32.8 Å². The van der Waals surface area contributed by atoms with Gasteiger partial charge in [-0.05, 0) is 55.1 Å². The van der Waals surface area contributed by atoms with Crippen LogP contribution in [0.4, 0.5) is 0 Å². The Morgan fingerprint density at radius 2 is 1.93 bits per heavy atom. The molecule has 30 heavy (non-hydrogen) atoms. The van der Waals surface area contributed by atoms with Crippen molar-refractivity contribution in [2.24, 2.45) is 5.92 Å². The second kappa shape index (κ2) is 8.94. The highest BCUT2D eigenvalue weighted by Gasteiger charge is 2.35. The van der Waals surface area contributed by atoms with Gasteiger partial charge >= 0.3 is 0 Å². The summed E-state index contributed by atoms with van der Waals surface area (Å²) >= 11 is 0. The molecule has 6 rings (SSSR count). The summed E-state index contributed by atoms with van der Waals surface area (Å²) in [5, 5.41) is 14.2. The Morgan fingerprint density at radius 1 is 1.10 bits per heavy atom. The van der Waals surface area contributed by atoms with E-state index in [2.05, 4.69) is 10.2 Å². The van der Waals surface area contributed by atoms with Crippen LogP contribution in [0.3, 0.4) is 0 Å². The molecule has 2 aromatic rings. The minimum absolute atomic E-state index is 0.163. The van der Waals surface area contributed by atoms with E-state index in [4.69, 9.17) is 14.2 Å². The van der Waals surface area contributed by atoms with Gasteiger partial charge in [0.25, 0.3) is 0 Å². The molecule has 0 aliphatic carbocycles. The molecule has 2 unspecified atom stereocenters. The molecule has 6 nitrogen and oxygen atoms in total. The maximum Gasteiger partial charge on any atom is 0.162 e. The van der Waals surface area contributed by atoms with Crippen LogP contribution in [0.15, 0.2) is 48.5 Å². The van der Waals surface area contributed by atoms with Crippen molar-refractivity contribution in [3.05, 3.63) is 59.7 Å². The Morgan fingerprint density at radius 3 is 2.70 bits per heavy atom. The SMILES string of the molecule is OC(N[C@H]1CN2CCC1CC2)c1ccc2c(c1)OC(COCc1ccccc1)CO2. The van der Waals surface area contributed by atoms with Gasteiger partial charge in [-0.15, -0.1) is 0 Å². The van der Waals surface area contributed by atoms with E-state index in [0.717, 1.165) is 17.7 Å². The van der Waals surface area contributed by atoms with Crippen molar-refractivity contribution in [3.8, 4) is 11.5 Å². The average Bonchev–Trinajstić information content (AvgIpc) is 2.80. The minimum atomic E-state index is -0.709. The highest BCUT2D eigenvalue weighted by Crippen LogP contribution is 2.35. The standard InChI is InChI=1S/C24H30N2O4/c27-24(25-21-13-26-10-8-18(21)9-11-26)19-6-7-22-23(12-19)30-20(16-29-22)15-28-14-17-4-2-1-3-5-17/h1-7,12,18,20-21,24-25,27H,8-11,13-16H2/t20?,21-,24?/m0/s1. The van der Waals surface area contributed by atoms with E-state index >= 15 is 0 Å². The van der Waals surface area contributed by atoms with Gasteiger partial charge in [0.05, 0.1) is 13.2 Å². The maximum atomic E-state index is 10.8. The van der Waals surface area contributed by atoms with Crippen LogP contribution in [0, 0.1) is 5.92 Å². The smallest absolute Gasteiger partial charge is 0.162 e. The molecule has 0 radical (unpaired) electrons. The van der Waals surface area contributed by atoms with Crippen LogP contribution in [-0.2, 0) is 11.3 Å². The molecule has 4 aliphatic heterocycles. The number of hydrogen-bond acceptors (Lipinski definition) is 6. The Hall–Kier alpha value is -2.12. The molecule has 0 amide bonds. The van der Waals surface area contributed by atoms with Crippen molar-refractivity contribution in [2.45, 2.75) is 37.8 Å². The predicted octanol–water partition coefficient (Wildman–Crippen LogP) is 2.72. The van der Waals surface area contributed by atoms with E-state index in [1.807, 2.05) is 48.5 Å². The number of piperidine rings is 3. The largest absolute Gasteiger partial charge is 0.486 e. The van der Waals surface area contributed by atoms with Crippen LogP contribution in [-0.4, -0.2) is 55.0 Å². The quantitative estimate of drug-likeness (QED) is 0.685. The number of aliphatic hydroxyl groups excluding tert-OH is 1. The Bertz CT molecular complexity index is 838. The van der Waals surface area contributed by atoms with Crippen LogP contribution in [0.25, 0.3) is 0 Å². The van der Waals surface area contributed by atoms with Gasteiger partial charge in [0.15, 0.2) is 17.6 Å². The summed E-state index contributed by atoms with van der Waals surface area (Å²) in [6, 6.07) is 16.1. The number of rotatable bonds is 7. The van der Waals surface area contributed by atoms with Gasteiger partial charge in [0.1, 0.15) is 12.8 Å². The first-order chi connectivity index (χ1) is 14.7. The third kappa shape index (κ3) is 4.47. The molecule has 0 spiro atoms. The lowest BCUT2D eigenvalue weighted by atomic mass is 9.84. The van der Waals surface area contributed by atoms with E-state index in [1.165, 1.54) is 25.9 Å². The Kier molecular flexibility index (Phi) is 5.91. The number of ether oxygens (including phenoxy) is 3. The first kappa shape index (κ1) is 19.8. The highest BCUT2D eigenvalue weighted by molar-refractivity contribution is 5.44. The molecular formula is C24H30N2O4. The minimum Gasteiger partial charge on any atom is -0.486 e. The molecule has 4 heterocycles. The first-order valence-electron chi connectivity index (χ1n) is 11.0. The summed E-state index contributed by atoms with van der Waals surface area (Å²) in [7, 11) is 0. The van der Waals surface area contributed by atoms with Gasteiger partial charge in [0, 0.05) is 12.6 Å². The second-order valence-corrected chi connectivity index (χ2v) is 8.57. The first-order valence-corrected chi connectivity index (χ1v) is 11.0. The highest BCUT2D eigenvalue weighted by atomic mass is 16.6. The zero-order valence-electron chi connectivity index (χ0n) is 17.2. The van der Waals surface area contributed by atoms with Crippen molar-refractivity contribution >= 4 is 0 Å². The number of fused-ring (bicyclic) bond motifs is 4. The molecule has 0 aromatic heterocycles. The van der Waals surface area contributed by atoms with Gasteiger partial charge in [-0.1, -0.05) is 36.4 Å². The third-order valence-corrected chi connectivity index (χ3v) is 6.45. The van der Waals surface area contributed by atoms with Crippen molar-refractivity contribution in [1.82, 2.24) is 10.2 Å². The van der Waals surface area contributed by atoms with Crippen LogP contribution >= 0.6 is 0 Å². The lowest BCUT2D eigenvalue weighted by Crippen LogP contribution is -2.56. The lowest BCUT2D eigenvalue weighted by molar-refractivity contribution is 0.00216. The van der Waals surface area contributed by atoms with Gasteiger partial charge in [0.2, 0.25) is 0 Å². The summed E-state index contributed by atoms with van der Waals surface area (Å²) in [4.78, 5) is 2.48. The van der Waals surface area contributed by atoms with Crippen LogP contribution < -0.4 is 14.8 Å². The van der Waals surface area contributed by atoms with E-state index in [1.54, 1.807) is 0 Å². The molecule has 6 heteroatoms. The average molecular weight is 411 g/mol. The van der Waals surface area contributed by atoms with Crippen LogP contribution in [0.1, 0.15) is 30.2 Å². The molecule has 160 valence electrons. The molecule has 2 N–H and O–H groups in total. The van der Waals surface area contributed by atoms with Crippen molar-refractivity contribution < 1.29 is 19.3 Å². The van der Waals surface area contributed by atoms with E-state index in [-0.39, 0.29) is 6.10 Å². The topological polar surface area (TPSA) is 63.2 Å². The van der Waals surface area contributed by atoms with Gasteiger partial charge in [-0.2, -0.15) is 0 Å². The zero-order chi connectivity index (χ0) is 20.3. The fourth-order valence-electron chi connectivity index (χ4n) is 4.72. The van der Waals surface area contributed by atoms with E-state index in [9.17, 15) is 5.11 Å². The molecule has 3 atom stereocenters. The fraction of sp³-hybridized carbons (Fsp3) is 0.500. The molecule has 2 bridgehead atoms. The van der Waals surface area contributed by atoms with Crippen molar-refractivity contribution in [1.29, 1.82) is 0 Å². The molecule has 2 aromatic carbocycles. The predicted molar refractivity (Wildman–Crippen MR) is 113 cm³/mol. The molecule has 3 fully saturated rings. The van der Waals surface area contributed by atoms with Gasteiger partial charge < -0.3 is 24.2 Å². The van der Waals surface area contributed by atoms with E-state index < -0.39 is 6.23 Å². The maximum absolute atomic E-state index is 10.8. The van der Waals surface area contributed by atoms with E-state index in [0.29, 0.717) is 43.3 Å². The fourth-order valence-corrected chi connectivity index (χ4v) is 4.72. The lowest BCUT2D eigenvalue weighted by Gasteiger charge is -2.45. The molecular weight excluding hydrogens is 380 g/mol. The third-order valence-electron chi connectivity index (χ3n) is 6.45. The summed E-state index contributed by atoms with van der Waals surface area (Å²) in [6.45, 7) is 4.87. The Labute approximate surface area is 177 Å². The number of hydrogen-bond donors (Lipinski definition) is 2. The molecule has 0 saturated carbocycles. The van der Waals surface area contributed by atoms with Gasteiger partial charge in [-0.25, -0.2) is 0 Å². The second-order valence-electron chi connectivity index (χ2n) is 8.57.